The molecule has 5 aromatic rings. The van der Waals surface area contributed by atoms with E-state index in [9.17, 15) is 4.79 Å². The highest BCUT2D eigenvalue weighted by molar-refractivity contribution is 5.95. The Morgan fingerprint density at radius 1 is 1.00 bits per heavy atom. The molecule has 1 aliphatic heterocycles. The Balaban J connectivity index is 1.30. The lowest BCUT2D eigenvalue weighted by atomic mass is 9.73. The summed E-state index contributed by atoms with van der Waals surface area (Å²) in [6.45, 7) is 1.76. The lowest BCUT2D eigenvalue weighted by molar-refractivity contribution is -0.122. The zero-order valence-corrected chi connectivity index (χ0v) is 24.3. The van der Waals surface area contributed by atoms with E-state index in [4.69, 9.17) is 21.4 Å². The fourth-order valence-corrected chi connectivity index (χ4v) is 6.28. The van der Waals surface area contributed by atoms with E-state index in [0.29, 0.717) is 17.3 Å². The van der Waals surface area contributed by atoms with E-state index >= 15 is 0 Å². The van der Waals surface area contributed by atoms with Crippen molar-refractivity contribution in [1.29, 1.82) is 0 Å². The number of pyridine rings is 2. The summed E-state index contributed by atoms with van der Waals surface area (Å²) in [5, 5.41) is 3.34. The molecule has 0 spiro atoms. The average molecular weight is 573 g/mol. The fourth-order valence-electron chi connectivity index (χ4n) is 6.28. The van der Waals surface area contributed by atoms with E-state index < -0.39 is 0 Å². The Morgan fingerprint density at radius 3 is 2.51 bits per heavy atom. The monoisotopic (exact) mass is 572 g/mol. The molecule has 9 nitrogen and oxygen atoms in total. The SMILES string of the molecule is CN(C(=O)C1CCNCC1)c1cccc(-c2ccc3nc(-c4cccnc4N)n(-c4ccc(C5(N)CCC5)cc4)c3n2)c1. The quantitative estimate of drug-likeness (QED) is 0.260. The maximum Gasteiger partial charge on any atom is 0.229 e. The number of amides is 1. The average Bonchev–Trinajstić information content (AvgIpc) is 3.42. The third kappa shape index (κ3) is 4.94. The molecule has 0 unspecified atom stereocenters. The molecule has 4 heterocycles. The van der Waals surface area contributed by atoms with Crippen LogP contribution in [0.2, 0.25) is 0 Å². The molecule has 2 aromatic carbocycles. The highest BCUT2D eigenvalue weighted by Crippen LogP contribution is 2.39. The standard InChI is InChI=1S/C34H36N8O/c1-41(33(43)22-14-19-37-20-15-22)26-6-2-5-23(21-26)28-12-13-29-32(39-28)42(31(40-29)27-7-3-18-38-30(27)35)25-10-8-24(9-11-25)34(36)16-4-17-34/h2-3,5-13,18,21-22,37H,4,14-17,19-20,36H2,1H3,(H2,35,38). The highest BCUT2D eigenvalue weighted by Gasteiger charge is 2.34. The van der Waals surface area contributed by atoms with Crippen molar-refractivity contribution in [3.05, 3.63) is 84.6 Å². The lowest BCUT2D eigenvalue weighted by Crippen LogP contribution is -2.43. The van der Waals surface area contributed by atoms with Gasteiger partial charge in [-0.15, -0.1) is 0 Å². The molecular weight excluding hydrogens is 536 g/mol. The van der Waals surface area contributed by atoms with Gasteiger partial charge in [0.2, 0.25) is 5.91 Å². The van der Waals surface area contributed by atoms with Crippen molar-refractivity contribution in [3.63, 3.8) is 0 Å². The van der Waals surface area contributed by atoms with Crippen molar-refractivity contribution >= 4 is 28.6 Å². The Hall–Kier alpha value is -4.60. The first-order valence-corrected chi connectivity index (χ1v) is 15.0. The number of fused-ring (bicyclic) bond motifs is 1. The first-order chi connectivity index (χ1) is 20.9. The second-order valence-corrected chi connectivity index (χ2v) is 11.8. The number of nitrogens with one attached hydrogen (secondary N) is 1. The molecule has 0 radical (unpaired) electrons. The lowest BCUT2D eigenvalue weighted by Gasteiger charge is -2.38. The molecule has 7 rings (SSSR count). The molecule has 218 valence electrons. The zero-order valence-electron chi connectivity index (χ0n) is 24.3. The number of nitrogen functional groups attached to an aromatic ring is 1. The molecular formula is C34H36N8O. The Morgan fingerprint density at radius 2 is 1.79 bits per heavy atom. The third-order valence-electron chi connectivity index (χ3n) is 9.08. The molecule has 9 heteroatoms. The van der Waals surface area contributed by atoms with E-state index in [1.54, 1.807) is 11.1 Å². The first kappa shape index (κ1) is 27.2. The van der Waals surface area contributed by atoms with Crippen molar-refractivity contribution in [3.8, 4) is 28.3 Å². The number of hydrogen-bond donors (Lipinski definition) is 3. The van der Waals surface area contributed by atoms with Gasteiger partial charge in [-0.2, -0.15) is 0 Å². The molecule has 5 N–H and O–H groups in total. The fraction of sp³-hybridized carbons (Fsp3) is 0.294. The number of nitrogens with two attached hydrogens (primary N) is 2. The predicted octanol–water partition coefficient (Wildman–Crippen LogP) is 5.03. The van der Waals surface area contributed by atoms with E-state index in [1.807, 2.05) is 60.1 Å². The van der Waals surface area contributed by atoms with Gasteiger partial charge in [-0.05, 0) is 99.3 Å². The molecule has 1 aliphatic carbocycles. The number of benzene rings is 2. The van der Waals surface area contributed by atoms with Crippen molar-refractivity contribution in [2.45, 2.75) is 37.6 Å². The minimum Gasteiger partial charge on any atom is -0.383 e. The second-order valence-electron chi connectivity index (χ2n) is 11.8. The van der Waals surface area contributed by atoms with Crippen molar-refractivity contribution in [2.75, 3.05) is 30.8 Å². The van der Waals surface area contributed by atoms with Crippen molar-refractivity contribution in [2.24, 2.45) is 11.7 Å². The summed E-state index contributed by atoms with van der Waals surface area (Å²) < 4.78 is 2.04. The van der Waals surface area contributed by atoms with Gasteiger partial charge in [0.1, 0.15) is 11.3 Å². The topological polar surface area (TPSA) is 128 Å². The molecule has 3 aromatic heterocycles. The van der Waals surface area contributed by atoms with E-state index in [1.165, 1.54) is 0 Å². The number of hydrogen-bond acceptors (Lipinski definition) is 7. The number of piperidine rings is 1. The molecule has 1 saturated carbocycles. The molecule has 0 atom stereocenters. The summed E-state index contributed by atoms with van der Waals surface area (Å²) >= 11 is 0. The van der Waals surface area contributed by atoms with Crippen LogP contribution in [0.3, 0.4) is 0 Å². The maximum atomic E-state index is 13.2. The van der Waals surface area contributed by atoms with Crippen molar-refractivity contribution in [1.82, 2.24) is 24.8 Å². The van der Waals surface area contributed by atoms with Gasteiger partial charge in [0.15, 0.2) is 11.5 Å². The van der Waals surface area contributed by atoms with Crippen LogP contribution >= 0.6 is 0 Å². The van der Waals surface area contributed by atoms with Gasteiger partial charge in [-0.3, -0.25) is 9.36 Å². The summed E-state index contributed by atoms with van der Waals surface area (Å²) in [6.07, 6.45) is 6.56. The molecule has 2 aliphatic rings. The smallest absolute Gasteiger partial charge is 0.229 e. The number of anilines is 2. The van der Waals surface area contributed by atoms with Crippen LogP contribution in [0.25, 0.3) is 39.5 Å². The first-order valence-electron chi connectivity index (χ1n) is 15.0. The van der Waals surface area contributed by atoms with Gasteiger partial charge in [-0.25, -0.2) is 15.0 Å². The van der Waals surface area contributed by atoms with Gasteiger partial charge >= 0.3 is 0 Å². The highest BCUT2D eigenvalue weighted by atomic mass is 16.2. The molecule has 43 heavy (non-hydrogen) atoms. The number of rotatable bonds is 6. The van der Waals surface area contributed by atoms with Crippen LogP contribution in [0.5, 0.6) is 0 Å². The van der Waals surface area contributed by atoms with Gasteiger partial charge in [0, 0.05) is 41.6 Å². The number of aromatic nitrogens is 4. The Bertz CT molecular complexity index is 1800. The van der Waals surface area contributed by atoms with E-state index in [-0.39, 0.29) is 17.4 Å². The molecule has 2 fully saturated rings. The minimum atomic E-state index is -0.245. The Labute approximate surface area is 251 Å². The summed E-state index contributed by atoms with van der Waals surface area (Å²) in [5.74, 6) is 1.27. The van der Waals surface area contributed by atoms with E-state index in [0.717, 1.165) is 84.5 Å². The summed E-state index contributed by atoms with van der Waals surface area (Å²) in [5.41, 5.74) is 19.5. The normalized spacial score (nSPS) is 16.6. The predicted molar refractivity (Wildman–Crippen MR) is 171 cm³/mol. The van der Waals surface area contributed by atoms with E-state index in [2.05, 4.69) is 34.6 Å². The molecule has 1 saturated heterocycles. The van der Waals surface area contributed by atoms with Crippen LogP contribution in [0.4, 0.5) is 11.5 Å². The summed E-state index contributed by atoms with van der Waals surface area (Å²) in [4.78, 5) is 29.4. The second kappa shape index (κ2) is 10.9. The summed E-state index contributed by atoms with van der Waals surface area (Å²) in [7, 11) is 1.86. The van der Waals surface area contributed by atoms with Crippen LogP contribution in [-0.4, -0.2) is 45.6 Å². The number of carbonyl (C=O) groups is 1. The maximum absolute atomic E-state index is 13.2. The number of carbonyl (C=O) groups excluding carboxylic acids is 1. The molecule has 1 amide bonds. The molecule has 0 bridgehead atoms. The van der Waals surface area contributed by atoms with Crippen LogP contribution in [0.15, 0.2) is 79.0 Å². The van der Waals surface area contributed by atoms with Crippen LogP contribution < -0.4 is 21.7 Å². The Kier molecular flexibility index (Phi) is 6.91. The third-order valence-corrected chi connectivity index (χ3v) is 9.08. The summed E-state index contributed by atoms with van der Waals surface area (Å²) in [6, 6.07) is 24.1. The number of imidazole rings is 1. The minimum absolute atomic E-state index is 0.0434. The van der Waals surface area contributed by atoms with Gasteiger partial charge in [-0.1, -0.05) is 24.3 Å². The van der Waals surface area contributed by atoms with Gasteiger partial charge in [0.05, 0.1) is 11.3 Å². The van der Waals surface area contributed by atoms with Crippen LogP contribution in [0.1, 0.15) is 37.7 Å². The van der Waals surface area contributed by atoms with Gasteiger partial charge in [0.25, 0.3) is 0 Å². The van der Waals surface area contributed by atoms with Crippen molar-refractivity contribution < 1.29 is 4.79 Å². The number of nitrogens with zero attached hydrogens (tertiary/aromatic N) is 5. The van der Waals surface area contributed by atoms with Gasteiger partial charge < -0.3 is 21.7 Å². The zero-order chi connectivity index (χ0) is 29.6. The van der Waals surface area contributed by atoms with Crippen LogP contribution in [0, 0.1) is 5.92 Å². The van der Waals surface area contributed by atoms with Crippen LogP contribution in [-0.2, 0) is 10.3 Å². The largest absolute Gasteiger partial charge is 0.383 e.